The Morgan fingerprint density at radius 1 is 1.08 bits per heavy atom. The average Bonchev–Trinajstić information content (AvgIpc) is 2.51. The molecule has 0 unspecified atom stereocenters. The van der Waals surface area contributed by atoms with Crippen LogP contribution < -0.4 is 10.5 Å². The van der Waals surface area contributed by atoms with Crippen LogP contribution in [0, 0.1) is 17.7 Å². The molecule has 0 heterocycles. The van der Waals surface area contributed by atoms with Crippen molar-refractivity contribution in [2.24, 2.45) is 17.6 Å². The molecule has 0 aliphatic rings. The molecular weight excluding hydrogens is 347 g/mol. The van der Waals surface area contributed by atoms with Gasteiger partial charge in [0.1, 0.15) is 5.82 Å². The summed E-state index contributed by atoms with van der Waals surface area (Å²) in [6.45, 7) is 7.02. The van der Waals surface area contributed by atoms with E-state index in [1.54, 1.807) is 27.7 Å². The number of rotatable bonds is 9. The van der Waals surface area contributed by atoms with Crippen molar-refractivity contribution >= 4 is 21.6 Å². The molecule has 0 aliphatic carbocycles. The number of benzene rings is 1. The summed E-state index contributed by atoms with van der Waals surface area (Å²) in [7, 11) is -4.08. The number of ketones is 2. The maximum atomic E-state index is 13.0. The first kappa shape index (κ1) is 21.4. The maximum Gasteiger partial charge on any atom is 0.241 e. The molecule has 0 bridgehead atoms. The molecule has 0 saturated heterocycles. The van der Waals surface area contributed by atoms with Crippen molar-refractivity contribution in [3.05, 3.63) is 30.1 Å². The molecule has 0 spiro atoms. The van der Waals surface area contributed by atoms with Gasteiger partial charge in [-0.3, -0.25) is 9.59 Å². The molecule has 2 atom stereocenters. The number of carbonyl (C=O) groups excluding carboxylic acids is 2. The summed E-state index contributed by atoms with van der Waals surface area (Å²) >= 11 is 0. The van der Waals surface area contributed by atoms with Gasteiger partial charge in [0.15, 0.2) is 0 Å². The van der Waals surface area contributed by atoms with Gasteiger partial charge in [-0.2, -0.15) is 0 Å². The minimum Gasteiger partial charge on any atom is -0.321 e. The molecule has 25 heavy (non-hydrogen) atoms. The van der Waals surface area contributed by atoms with Crippen molar-refractivity contribution in [2.45, 2.75) is 51.1 Å². The molecule has 6 nitrogen and oxygen atoms in total. The summed E-state index contributed by atoms with van der Waals surface area (Å²) in [6.07, 6.45) is 0.149. The molecule has 3 N–H and O–H groups in total. The van der Waals surface area contributed by atoms with Crippen molar-refractivity contribution in [2.75, 3.05) is 0 Å². The van der Waals surface area contributed by atoms with E-state index in [1.165, 1.54) is 0 Å². The van der Waals surface area contributed by atoms with E-state index in [4.69, 9.17) is 5.73 Å². The number of hydrogen-bond donors (Lipinski definition) is 2. The van der Waals surface area contributed by atoms with E-state index >= 15 is 0 Å². The highest BCUT2D eigenvalue weighted by Crippen LogP contribution is 2.15. The third kappa shape index (κ3) is 5.98. The second-order valence-electron chi connectivity index (χ2n) is 6.76. The summed E-state index contributed by atoms with van der Waals surface area (Å²) in [5.74, 6) is -2.52. The standard InChI is InChI=1S/C17H25FN2O4S/c1-10(2)9-14(16(21)17(22)15(19)11(3)4)20-25(23,24)13-7-5-12(18)6-8-13/h5-8,10-11,14-15,20H,9,19H2,1-4H3/t14-,15-/m0/s1. The number of nitrogens with two attached hydrogens (primary N) is 1. The van der Waals surface area contributed by atoms with Crippen molar-refractivity contribution in [1.29, 1.82) is 0 Å². The first-order chi connectivity index (χ1) is 11.5. The lowest BCUT2D eigenvalue weighted by Gasteiger charge is -2.21. The smallest absolute Gasteiger partial charge is 0.241 e. The van der Waals surface area contributed by atoms with Crippen molar-refractivity contribution in [3.63, 3.8) is 0 Å². The van der Waals surface area contributed by atoms with Crippen LogP contribution in [0.4, 0.5) is 4.39 Å². The van der Waals surface area contributed by atoms with E-state index in [1.807, 2.05) is 0 Å². The topological polar surface area (TPSA) is 106 Å². The average molecular weight is 372 g/mol. The van der Waals surface area contributed by atoms with E-state index in [9.17, 15) is 22.4 Å². The molecular formula is C17H25FN2O4S. The molecule has 0 aliphatic heterocycles. The van der Waals surface area contributed by atoms with E-state index in [0.29, 0.717) is 0 Å². The van der Waals surface area contributed by atoms with Gasteiger partial charge in [-0.25, -0.2) is 17.5 Å². The van der Waals surface area contributed by atoms with Crippen molar-refractivity contribution in [1.82, 2.24) is 4.72 Å². The summed E-state index contributed by atoms with van der Waals surface area (Å²) in [6, 6.07) is 2.00. The zero-order valence-electron chi connectivity index (χ0n) is 14.8. The lowest BCUT2D eigenvalue weighted by Crippen LogP contribution is -2.50. The minimum atomic E-state index is -4.08. The quantitative estimate of drug-likeness (QED) is 0.641. The predicted octanol–water partition coefficient (Wildman–Crippen LogP) is 1.64. The van der Waals surface area contributed by atoms with Gasteiger partial charge < -0.3 is 5.73 Å². The fourth-order valence-corrected chi connectivity index (χ4v) is 3.40. The van der Waals surface area contributed by atoms with Crippen LogP contribution in [0.15, 0.2) is 29.2 Å². The van der Waals surface area contributed by atoms with Crippen LogP contribution in [0.2, 0.25) is 0 Å². The van der Waals surface area contributed by atoms with Gasteiger partial charge in [0.25, 0.3) is 0 Å². The first-order valence-electron chi connectivity index (χ1n) is 8.07. The Morgan fingerprint density at radius 2 is 1.60 bits per heavy atom. The van der Waals surface area contributed by atoms with Crippen molar-refractivity contribution in [3.8, 4) is 0 Å². The van der Waals surface area contributed by atoms with Gasteiger partial charge in [-0.1, -0.05) is 27.7 Å². The molecule has 1 rings (SSSR count). The number of hydrogen-bond acceptors (Lipinski definition) is 5. The second-order valence-corrected chi connectivity index (χ2v) is 8.47. The van der Waals surface area contributed by atoms with Gasteiger partial charge in [0.05, 0.1) is 17.0 Å². The summed E-state index contributed by atoms with van der Waals surface area (Å²) in [5, 5.41) is 0. The largest absolute Gasteiger partial charge is 0.321 e. The van der Waals surface area contributed by atoms with E-state index in [2.05, 4.69) is 4.72 Å². The minimum absolute atomic E-state index is 0.0343. The molecule has 1 aromatic carbocycles. The number of carbonyl (C=O) groups is 2. The summed E-state index contributed by atoms with van der Waals surface area (Å²) < 4.78 is 40.1. The van der Waals surface area contributed by atoms with E-state index in [-0.39, 0.29) is 23.2 Å². The monoisotopic (exact) mass is 372 g/mol. The fraction of sp³-hybridized carbons (Fsp3) is 0.529. The van der Waals surface area contributed by atoms with E-state index in [0.717, 1.165) is 24.3 Å². The summed E-state index contributed by atoms with van der Waals surface area (Å²) in [4.78, 5) is 24.5. The van der Waals surface area contributed by atoms with Crippen LogP contribution >= 0.6 is 0 Å². The Hall–Kier alpha value is -1.64. The maximum absolute atomic E-state index is 13.0. The molecule has 0 radical (unpaired) electrons. The normalized spacial score (nSPS) is 14.6. The van der Waals surface area contributed by atoms with Crippen LogP contribution in [-0.2, 0) is 19.6 Å². The van der Waals surface area contributed by atoms with Gasteiger partial charge in [0.2, 0.25) is 21.6 Å². The first-order valence-corrected chi connectivity index (χ1v) is 9.55. The Balaban J connectivity index is 3.08. The Morgan fingerprint density at radius 3 is 2.04 bits per heavy atom. The fourth-order valence-electron chi connectivity index (χ4n) is 2.19. The Bertz CT molecular complexity index is 715. The van der Waals surface area contributed by atoms with Gasteiger partial charge in [-0.15, -0.1) is 0 Å². The van der Waals surface area contributed by atoms with Crippen LogP contribution in [0.1, 0.15) is 34.1 Å². The highest BCUT2D eigenvalue weighted by atomic mass is 32.2. The van der Waals surface area contributed by atoms with Crippen LogP contribution in [-0.4, -0.2) is 32.1 Å². The molecule has 0 saturated carbocycles. The van der Waals surface area contributed by atoms with Crippen LogP contribution in [0.3, 0.4) is 0 Å². The molecule has 0 fully saturated rings. The Labute approximate surface area is 148 Å². The highest BCUT2D eigenvalue weighted by molar-refractivity contribution is 7.89. The number of sulfonamides is 1. The number of Topliss-reactive ketones (excluding diaryl/α,β-unsaturated/α-hetero) is 2. The summed E-state index contributed by atoms with van der Waals surface area (Å²) in [5.41, 5.74) is 5.73. The molecule has 1 aromatic rings. The predicted molar refractivity (Wildman–Crippen MR) is 92.8 cm³/mol. The molecule has 8 heteroatoms. The highest BCUT2D eigenvalue weighted by Gasteiger charge is 2.34. The Kier molecular flexibility index (Phi) is 7.40. The SMILES string of the molecule is CC(C)C[C@H](NS(=O)(=O)c1ccc(F)cc1)C(=O)C(=O)[C@@H](N)C(C)C. The van der Waals surface area contributed by atoms with Crippen molar-refractivity contribution < 1.29 is 22.4 Å². The number of nitrogens with one attached hydrogen (secondary N) is 1. The van der Waals surface area contributed by atoms with Gasteiger partial charge >= 0.3 is 0 Å². The third-order valence-electron chi connectivity index (χ3n) is 3.71. The van der Waals surface area contributed by atoms with Crippen LogP contribution in [0.25, 0.3) is 0 Å². The molecule has 140 valence electrons. The molecule has 0 aromatic heterocycles. The zero-order valence-corrected chi connectivity index (χ0v) is 15.6. The third-order valence-corrected chi connectivity index (χ3v) is 5.20. The number of halogens is 1. The van der Waals surface area contributed by atoms with Crippen LogP contribution in [0.5, 0.6) is 0 Å². The lowest BCUT2D eigenvalue weighted by molar-refractivity contribution is -0.139. The molecule has 0 amide bonds. The zero-order chi connectivity index (χ0) is 19.4. The van der Waals surface area contributed by atoms with E-state index < -0.39 is 39.5 Å². The lowest BCUT2D eigenvalue weighted by atomic mass is 9.92. The van der Waals surface area contributed by atoms with Gasteiger partial charge in [-0.05, 0) is 42.5 Å². The van der Waals surface area contributed by atoms with Gasteiger partial charge in [0, 0.05) is 0 Å². The second kappa shape index (κ2) is 8.64.